The lowest BCUT2D eigenvalue weighted by Gasteiger charge is -2.11. The highest BCUT2D eigenvalue weighted by Gasteiger charge is 2.11. The predicted octanol–water partition coefficient (Wildman–Crippen LogP) is 6.10. The van der Waals surface area contributed by atoms with Gasteiger partial charge in [-0.05, 0) is 59.5 Å². The molecule has 4 rings (SSSR count). The van der Waals surface area contributed by atoms with Crippen molar-refractivity contribution in [1.82, 2.24) is 4.98 Å². The fourth-order valence-electron chi connectivity index (χ4n) is 3.29. The first kappa shape index (κ1) is 19.3. The third-order valence-corrected chi connectivity index (χ3v) is 4.78. The number of rotatable bonds is 6. The second-order valence-electron chi connectivity index (χ2n) is 6.99. The molecule has 30 heavy (non-hydrogen) atoms. The topological polar surface area (TPSA) is 42.0 Å². The Kier molecular flexibility index (Phi) is 6.11. The van der Waals surface area contributed by atoms with Crippen LogP contribution in [0.5, 0.6) is 0 Å². The third-order valence-electron chi connectivity index (χ3n) is 4.78. The van der Waals surface area contributed by atoms with E-state index in [1.165, 1.54) is 5.56 Å². The molecule has 0 saturated carbocycles. The Hall–Kier alpha value is -3.98. The molecule has 1 N–H and O–H groups in total. The van der Waals surface area contributed by atoms with E-state index in [-0.39, 0.29) is 5.91 Å². The van der Waals surface area contributed by atoms with Gasteiger partial charge in [-0.25, -0.2) is 0 Å². The van der Waals surface area contributed by atoms with Gasteiger partial charge >= 0.3 is 0 Å². The van der Waals surface area contributed by atoms with Gasteiger partial charge in [-0.3, -0.25) is 9.78 Å². The average Bonchev–Trinajstić information content (AvgIpc) is 2.80. The number of aromatic nitrogens is 1. The second kappa shape index (κ2) is 9.48. The molecule has 146 valence electrons. The lowest BCUT2D eigenvalue weighted by Crippen LogP contribution is -2.14. The first-order chi connectivity index (χ1) is 14.8. The van der Waals surface area contributed by atoms with Crippen LogP contribution in [0.15, 0.2) is 103 Å². The highest BCUT2D eigenvalue weighted by atomic mass is 16.1. The molecule has 0 bridgehead atoms. The molecule has 3 aromatic carbocycles. The zero-order chi connectivity index (χ0) is 20.6. The van der Waals surface area contributed by atoms with Crippen LogP contribution in [0.4, 0.5) is 5.69 Å². The number of pyridine rings is 1. The number of carbonyl (C=O) groups excluding carboxylic acids is 1. The molecule has 0 radical (unpaired) electrons. The van der Waals surface area contributed by atoms with Gasteiger partial charge in [0.25, 0.3) is 5.91 Å². The molecule has 1 aromatic heterocycles. The number of carbonyl (C=O) groups is 1. The molecule has 0 fully saturated rings. The average molecular weight is 390 g/mol. The normalized spacial score (nSPS) is 10.8. The van der Waals surface area contributed by atoms with Gasteiger partial charge in [0.15, 0.2) is 0 Å². The molecule has 1 amide bonds. The van der Waals surface area contributed by atoms with Crippen molar-refractivity contribution < 1.29 is 4.79 Å². The van der Waals surface area contributed by atoms with Crippen molar-refractivity contribution in [2.24, 2.45) is 0 Å². The van der Waals surface area contributed by atoms with E-state index in [2.05, 4.69) is 22.4 Å². The highest BCUT2D eigenvalue weighted by Crippen LogP contribution is 2.18. The maximum Gasteiger partial charge on any atom is 0.255 e. The van der Waals surface area contributed by atoms with Crippen molar-refractivity contribution in [3.63, 3.8) is 0 Å². The number of anilines is 1. The minimum Gasteiger partial charge on any atom is -0.322 e. The quantitative estimate of drug-likeness (QED) is 0.432. The summed E-state index contributed by atoms with van der Waals surface area (Å²) >= 11 is 0. The summed E-state index contributed by atoms with van der Waals surface area (Å²) in [6.45, 7) is 0. The van der Waals surface area contributed by atoms with Crippen molar-refractivity contribution in [2.75, 3.05) is 5.32 Å². The molecule has 0 aliphatic heterocycles. The van der Waals surface area contributed by atoms with E-state index in [0.29, 0.717) is 5.56 Å². The summed E-state index contributed by atoms with van der Waals surface area (Å²) in [5.41, 5.74) is 5.53. The van der Waals surface area contributed by atoms with E-state index < -0.39 is 0 Å². The van der Waals surface area contributed by atoms with Gasteiger partial charge in [-0.15, -0.1) is 0 Å². The summed E-state index contributed by atoms with van der Waals surface area (Å²) in [6, 6.07) is 31.5. The van der Waals surface area contributed by atoms with Crippen LogP contribution in [-0.2, 0) is 6.42 Å². The fourth-order valence-corrected chi connectivity index (χ4v) is 3.29. The smallest absolute Gasteiger partial charge is 0.255 e. The SMILES string of the molecule is O=C(Nc1cccc(/C=C/c2ccccn2)c1)c1ccccc1Cc1ccccc1. The first-order valence-corrected chi connectivity index (χ1v) is 9.90. The molecule has 0 spiro atoms. The van der Waals surface area contributed by atoms with E-state index in [0.717, 1.165) is 28.9 Å². The third kappa shape index (κ3) is 5.09. The summed E-state index contributed by atoms with van der Waals surface area (Å²) in [7, 11) is 0. The van der Waals surface area contributed by atoms with E-state index >= 15 is 0 Å². The first-order valence-electron chi connectivity index (χ1n) is 9.90. The number of nitrogens with one attached hydrogen (secondary N) is 1. The van der Waals surface area contributed by atoms with Crippen LogP contribution in [-0.4, -0.2) is 10.9 Å². The van der Waals surface area contributed by atoms with Gasteiger partial charge < -0.3 is 5.32 Å². The molecule has 0 unspecified atom stereocenters. The van der Waals surface area contributed by atoms with Crippen LogP contribution in [0.3, 0.4) is 0 Å². The summed E-state index contributed by atoms with van der Waals surface area (Å²) in [4.78, 5) is 17.3. The summed E-state index contributed by atoms with van der Waals surface area (Å²) < 4.78 is 0. The standard InChI is InChI=1S/C27H22N2O/c30-27(26-15-5-4-12-23(26)19-21-9-2-1-3-10-21)29-25-14-8-11-22(20-25)16-17-24-13-6-7-18-28-24/h1-18,20H,19H2,(H,29,30)/b17-16+. The van der Waals surface area contributed by atoms with Gasteiger partial charge in [-0.2, -0.15) is 0 Å². The van der Waals surface area contributed by atoms with Gasteiger partial charge in [0.1, 0.15) is 0 Å². The Labute approximate surface area is 176 Å². The minimum absolute atomic E-state index is 0.104. The lowest BCUT2D eigenvalue weighted by atomic mass is 9.99. The van der Waals surface area contributed by atoms with Crippen molar-refractivity contribution in [3.8, 4) is 0 Å². The number of benzene rings is 3. The maximum absolute atomic E-state index is 13.0. The van der Waals surface area contributed by atoms with Crippen LogP contribution < -0.4 is 5.32 Å². The molecule has 0 aliphatic rings. The van der Waals surface area contributed by atoms with Crippen LogP contribution >= 0.6 is 0 Å². The zero-order valence-corrected chi connectivity index (χ0v) is 16.5. The maximum atomic E-state index is 13.0. The number of hydrogen-bond donors (Lipinski definition) is 1. The summed E-state index contributed by atoms with van der Waals surface area (Å²) in [5.74, 6) is -0.104. The molecular weight excluding hydrogens is 368 g/mol. The second-order valence-corrected chi connectivity index (χ2v) is 6.99. The number of hydrogen-bond acceptors (Lipinski definition) is 2. The van der Waals surface area contributed by atoms with Crippen molar-refractivity contribution in [1.29, 1.82) is 0 Å². The molecular formula is C27H22N2O. The highest BCUT2D eigenvalue weighted by molar-refractivity contribution is 6.05. The van der Waals surface area contributed by atoms with Crippen molar-refractivity contribution in [2.45, 2.75) is 6.42 Å². The molecule has 1 heterocycles. The monoisotopic (exact) mass is 390 g/mol. The Balaban J connectivity index is 1.50. The zero-order valence-electron chi connectivity index (χ0n) is 16.5. The summed E-state index contributed by atoms with van der Waals surface area (Å²) in [6.07, 6.45) is 6.43. The van der Waals surface area contributed by atoms with Crippen molar-refractivity contribution in [3.05, 3.63) is 131 Å². The summed E-state index contributed by atoms with van der Waals surface area (Å²) in [5, 5.41) is 3.03. The molecule has 0 aliphatic carbocycles. The number of amides is 1. The molecule has 0 atom stereocenters. The Morgan fingerprint density at radius 3 is 2.43 bits per heavy atom. The van der Waals surface area contributed by atoms with Crippen LogP contribution in [0.1, 0.15) is 32.7 Å². The molecule has 3 heteroatoms. The van der Waals surface area contributed by atoms with E-state index in [1.807, 2.05) is 97.1 Å². The Morgan fingerprint density at radius 2 is 1.60 bits per heavy atom. The largest absolute Gasteiger partial charge is 0.322 e. The lowest BCUT2D eigenvalue weighted by molar-refractivity contribution is 0.102. The van der Waals surface area contributed by atoms with Gasteiger partial charge in [0.05, 0.1) is 5.69 Å². The van der Waals surface area contributed by atoms with Crippen molar-refractivity contribution >= 4 is 23.7 Å². The van der Waals surface area contributed by atoms with Gasteiger partial charge in [-0.1, -0.05) is 72.8 Å². The van der Waals surface area contributed by atoms with Crippen LogP contribution in [0, 0.1) is 0 Å². The van der Waals surface area contributed by atoms with Crippen LogP contribution in [0.25, 0.3) is 12.2 Å². The van der Waals surface area contributed by atoms with Gasteiger partial charge in [0, 0.05) is 17.4 Å². The molecule has 0 saturated heterocycles. The van der Waals surface area contributed by atoms with Gasteiger partial charge in [0.2, 0.25) is 0 Å². The minimum atomic E-state index is -0.104. The Bertz CT molecular complexity index is 1150. The fraction of sp³-hybridized carbons (Fsp3) is 0.0370. The Morgan fingerprint density at radius 1 is 0.800 bits per heavy atom. The predicted molar refractivity (Wildman–Crippen MR) is 123 cm³/mol. The molecule has 4 aromatic rings. The van der Waals surface area contributed by atoms with Crippen LogP contribution in [0.2, 0.25) is 0 Å². The van der Waals surface area contributed by atoms with E-state index in [1.54, 1.807) is 6.20 Å². The van der Waals surface area contributed by atoms with E-state index in [9.17, 15) is 4.79 Å². The molecule has 3 nitrogen and oxygen atoms in total. The van der Waals surface area contributed by atoms with E-state index in [4.69, 9.17) is 0 Å². The number of nitrogens with zero attached hydrogens (tertiary/aromatic N) is 1.